The van der Waals surface area contributed by atoms with Crippen LogP contribution in [0.1, 0.15) is 16.8 Å². The molecule has 28 heavy (non-hydrogen) atoms. The Morgan fingerprint density at radius 3 is 2.57 bits per heavy atom. The van der Waals surface area contributed by atoms with Crippen LogP contribution in [0.25, 0.3) is 0 Å². The maximum absolute atomic E-state index is 12.3. The molecule has 2 aromatic carbocycles. The third-order valence-corrected chi connectivity index (χ3v) is 4.37. The molecule has 0 saturated heterocycles. The van der Waals surface area contributed by atoms with Crippen LogP contribution in [0.2, 0.25) is 10.0 Å². The number of hydrogen-bond acceptors (Lipinski definition) is 6. The topological polar surface area (TPSA) is 114 Å². The molecule has 11 heteroatoms. The molecule has 0 aliphatic carbocycles. The van der Waals surface area contributed by atoms with Gasteiger partial charge in [-0.1, -0.05) is 29.3 Å². The summed E-state index contributed by atoms with van der Waals surface area (Å²) < 4.78 is 5.06. The van der Waals surface area contributed by atoms with Crippen molar-refractivity contribution in [3.63, 3.8) is 0 Å². The van der Waals surface area contributed by atoms with Crippen LogP contribution in [0, 0.1) is 10.1 Å². The number of amidine groups is 1. The number of hydrazone groups is 1. The second-order valence-corrected chi connectivity index (χ2v) is 6.44. The third kappa shape index (κ3) is 3.90. The number of anilines is 1. The summed E-state index contributed by atoms with van der Waals surface area (Å²) in [5, 5.41) is 18.7. The van der Waals surface area contributed by atoms with Crippen molar-refractivity contribution in [1.29, 1.82) is 0 Å². The number of halogens is 2. The van der Waals surface area contributed by atoms with Gasteiger partial charge in [0.15, 0.2) is 0 Å². The van der Waals surface area contributed by atoms with E-state index in [2.05, 4.69) is 10.4 Å². The molecule has 1 N–H and O–H groups in total. The van der Waals surface area contributed by atoms with Crippen LogP contribution in [-0.2, 0) is 4.79 Å². The molecule has 3 rings (SSSR count). The fourth-order valence-electron chi connectivity index (χ4n) is 2.50. The Morgan fingerprint density at radius 1 is 1.29 bits per heavy atom. The van der Waals surface area contributed by atoms with Gasteiger partial charge >= 0.3 is 0 Å². The van der Waals surface area contributed by atoms with Gasteiger partial charge in [0.2, 0.25) is 0 Å². The molecule has 0 unspecified atom stereocenters. The lowest BCUT2D eigenvalue weighted by Crippen LogP contribution is -2.29. The van der Waals surface area contributed by atoms with E-state index < -0.39 is 16.7 Å². The number of methoxy groups -OCH3 is 1. The van der Waals surface area contributed by atoms with Crippen LogP contribution in [0.3, 0.4) is 0 Å². The zero-order chi connectivity index (χ0) is 20.4. The zero-order valence-electron chi connectivity index (χ0n) is 14.3. The molecule has 9 nitrogen and oxygen atoms in total. The second-order valence-electron chi connectivity index (χ2n) is 5.63. The smallest absolute Gasteiger partial charge is 0.270 e. The van der Waals surface area contributed by atoms with E-state index in [1.807, 2.05) is 0 Å². The molecule has 1 aliphatic heterocycles. The van der Waals surface area contributed by atoms with E-state index in [0.29, 0.717) is 5.75 Å². The first-order chi connectivity index (χ1) is 13.3. The van der Waals surface area contributed by atoms with E-state index in [4.69, 9.17) is 27.9 Å². The molecule has 0 bridgehead atoms. The number of carbonyl (C=O) groups excluding carboxylic acids is 2. The molecular formula is C17H12Cl2N4O5. The van der Waals surface area contributed by atoms with Gasteiger partial charge in [0.25, 0.3) is 17.5 Å². The standard InChI is InChI=1S/C17H12Cl2N4O5/c1-28-11-6-12(18)16(13(19)7-11)22-15(24)8-14(21-22)20-17(25)9-3-2-4-10(5-9)23(26)27/h2-7H,8H2,1H3,(H,20,21,25). The summed E-state index contributed by atoms with van der Waals surface area (Å²) in [6.07, 6.45) is -0.195. The monoisotopic (exact) mass is 422 g/mol. The minimum atomic E-state index is -0.635. The molecule has 0 spiro atoms. The average Bonchev–Trinajstić information content (AvgIpc) is 3.00. The molecule has 0 saturated carbocycles. The summed E-state index contributed by atoms with van der Waals surface area (Å²) in [5.41, 5.74) is -0.00690. The van der Waals surface area contributed by atoms with Crippen LogP contribution in [0.5, 0.6) is 5.75 Å². The Balaban J connectivity index is 1.84. The SMILES string of the molecule is COc1cc(Cl)c(N2N=C(NC(=O)c3cccc([N+](=O)[O-])c3)CC2=O)c(Cl)c1. The number of non-ortho nitro benzene ring substituents is 1. The van der Waals surface area contributed by atoms with Gasteiger partial charge in [0.1, 0.15) is 17.3 Å². The van der Waals surface area contributed by atoms with Crippen molar-refractivity contribution in [3.8, 4) is 5.75 Å². The lowest BCUT2D eigenvalue weighted by atomic mass is 10.2. The first-order valence-electron chi connectivity index (χ1n) is 7.79. The highest BCUT2D eigenvalue weighted by Gasteiger charge is 2.30. The number of nitro groups is 1. The normalized spacial score (nSPS) is 13.3. The number of nitro benzene ring substituents is 1. The minimum Gasteiger partial charge on any atom is -0.497 e. The molecule has 0 fully saturated rings. The molecule has 2 amide bonds. The lowest BCUT2D eigenvalue weighted by Gasteiger charge is -2.16. The molecule has 144 valence electrons. The molecule has 2 aromatic rings. The minimum absolute atomic E-state index is 0.0586. The summed E-state index contributed by atoms with van der Waals surface area (Å²) in [7, 11) is 1.45. The number of nitrogens with zero attached hydrogens (tertiary/aromatic N) is 3. The summed E-state index contributed by atoms with van der Waals surface area (Å²) in [5.74, 6) is -0.620. The maximum atomic E-state index is 12.3. The third-order valence-electron chi connectivity index (χ3n) is 3.79. The Labute approximate surface area is 168 Å². The first-order valence-corrected chi connectivity index (χ1v) is 8.55. The van der Waals surface area contributed by atoms with Crippen molar-refractivity contribution in [2.24, 2.45) is 5.10 Å². The van der Waals surface area contributed by atoms with Gasteiger partial charge in [-0.05, 0) is 6.07 Å². The maximum Gasteiger partial charge on any atom is 0.270 e. The summed E-state index contributed by atoms with van der Waals surface area (Å²) in [4.78, 5) is 34.9. The quantitative estimate of drug-likeness (QED) is 0.598. The Hall–Kier alpha value is -3.17. The number of nitrogens with one attached hydrogen (secondary N) is 1. The molecule has 0 atom stereocenters. The van der Waals surface area contributed by atoms with Crippen molar-refractivity contribution < 1.29 is 19.2 Å². The second kappa shape index (κ2) is 7.83. The number of hydrogen-bond donors (Lipinski definition) is 1. The predicted octanol–water partition coefficient (Wildman–Crippen LogP) is 3.39. The average molecular weight is 423 g/mol. The van der Waals surface area contributed by atoms with Gasteiger partial charge < -0.3 is 10.1 Å². The Morgan fingerprint density at radius 2 is 1.96 bits per heavy atom. The Kier molecular flexibility index (Phi) is 5.48. The van der Waals surface area contributed by atoms with E-state index in [9.17, 15) is 19.7 Å². The molecule has 1 aliphatic rings. The van der Waals surface area contributed by atoms with Crippen molar-refractivity contribution >= 4 is 52.2 Å². The number of ether oxygens (including phenoxy) is 1. The summed E-state index contributed by atoms with van der Waals surface area (Å²) in [6.45, 7) is 0. The Bertz CT molecular complexity index is 1000. The van der Waals surface area contributed by atoms with Crippen LogP contribution in [-0.4, -0.2) is 29.7 Å². The van der Waals surface area contributed by atoms with Crippen LogP contribution in [0.4, 0.5) is 11.4 Å². The van der Waals surface area contributed by atoms with Crippen LogP contribution < -0.4 is 15.1 Å². The highest BCUT2D eigenvalue weighted by molar-refractivity contribution is 6.40. The van der Waals surface area contributed by atoms with E-state index >= 15 is 0 Å². The predicted molar refractivity (Wildman–Crippen MR) is 103 cm³/mol. The number of amides is 2. The largest absolute Gasteiger partial charge is 0.497 e. The highest BCUT2D eigenvalue weighted by Crippen LogP contribution is 2.39. The highest BCUT2D eigenvalue weighted by atomic mass is 35.5. The fraction of sp³-hybridized carbons (Fsp3) is 0.118. The number of carbonyl (C=O) groups is 2. The first kappa shape index (κ1) is 19.6. The van der Waals surface area contributed by atoms with Crippen LogP contribution >= 0.6 is 23.2 Å². The molecular weight excluding hydrogens is 411 g/mol. The molecule has 1 heterocycles. The summed E-state index contributed by atoms with van der Waals surface area (Å²) in [6, 6.07) is 8.15. The van der Waals surface area contributed by atoms with E-state index in [1.165, 1.54) is 37.4 Å². The van der Waals surface area contributed by atoms with Crippen LogP contribution in [0.15, 0.2) is 41.5 Å². The van der Waals surface area contributed by atoms with Gasteiger partial charge in [0.05, 0.1) is 28.5 Å². The van der Waals surface area contributed by atoms with Crippen molar-refractivity contribution in [2.75, 3.05) is 12.1 Å². The van der Waals surface area contributed by atoms with Gasteiger partial charge in [0, 0.05) is 29.8 Å². The van der Waals surface area contributed by atoms with Gasteiger partial charge in [-0.3, -0.25) is 19.7 Å². The summed E-state index contributed by atoms with van der Waals surface area (Å²) >= 11 is 12.4. The number of benzene rings is 2. The zero-order valence-corrected chi connectivity index (χ0v) is 15.8. The molecule has 0 radical (unpaired) electrons. The van der Waals surface area contributed by atoms with Gasteiger partial charge in [-0.15, -0.1) is 0 Å². The van der Waals surface area contributed by atoms with Crippen molar-refractivity contribution in [2.45, 2.75) is 6.42 Å². The lowest BCUT2D eigenvalue weighted by molar-refractivity contribution is -0.384. The van der Waals surface area contributed by atoms with Crippen molar-refractivity contribution in [3.05, 3.63) is 62.1 Å². The molecule has 0 aromatic heterocycles. The fourth-order valence-corrected chi connectivity index (χ4v) is 3.13. The van der Waals surface area contributed by atoms with E-state index in [0.717, 1.165) is 11.1 Å². The van der Waals surface area contributed by atoms with Gasteiger partial charge in [-0.2, -0.15) is 10.1 Å². The van der Waals surface area contributed by atoms with E-state index in [-0.39, 0.29) is 39.2 Å². The van der Waals surface area contributed by atoms with E-state index in [1.54, 1.807) is 0 Å². The number of rotatable bonds is 4. The van der Waals surface area contributed by atoms with Gasteiger partial charge in [-0.25, -0.2) is 0 Å². The van der Waals surface area contributed by atoms with Crippen molar-refractivity contribution in [1.82, 2.24) is 5.32 Å².